The molecule has 0 saturated carbocycles. The summed E-state index contributed by atoms with van der Waals surface area (Å²) in [5, 5.41) is 20.8. The Hall–Kier alpha value is -3.73. The van der Waals surface area contributed by atoms with Gasteiger partial charge in [0.25, 0.3) is 0 Å². The number of para-hydroxylation sites is 1. The molecule has 2 aliphatic rings. The fraction of sp³-hybridized carbons (Fsp3) is 0.304. The number of alkyl halides is 3. The van der Waals surface area contributed by atoms with Crippen molar-refractivity contribution in [3.63, 3.8) is 0 Å². The molecule has 2 aliphatic heterocycles. The number of anilines is 1. The number of aromatic nitrogens is 1. The number of nitrogens with one attached hydrogen (secondary N) is 2. The maximum absolute atomic E-state index is 14.5. The number of rotatable bonds is 3. The summed E-state index contributed by atoms with van der Waals surface area (Å²) in [7, 11) is 0. The van der Waals surface area contributed by atoms with Gasteiger partial charge in [-0.15, -0.1) is 0 Å². The first-order chi connectivity index (χ1) is 16.1. The molecule has 1 amide bonds. The third-order valence-corrected chi connectivity index (χ3v) is 6.75. The van der Waals surface area contributed by atoms with E-state index in [4.69, 9.17) is 4.52 Å². The van der Waals surface area contributed by atoms with Crippen molar-refractivity contribution in [1.29, 1.82) is 0 Å². The molecule has 1 aromatic heterocycles. The van der Waals surface area contributed by atoms with Gasteiger partial charge in [-0.3, -0.25) is 20.2 Å². The van der Waals surface area contributed by atoms with Crippen LogP contribution in [0.5, 0.6) is 0 Å². The number of amides is 1. The van der Waals surface area contributed by atoms with Gasteiger partial charge in [-0.2, -0.15) is 13.2 Å². The molecule has 5 rings (SSSR count). The summed E-state index contributed by atoms with van der Waals surface area (Å²) < 4.78 is 49.0. The summed E-state index contributed by atoms with van der Waals surface area (Å²) in [5.74, 6) is -3.94. The second kappa shape index (κ2) is 7.39. The Bertz CT molecular complexity index is 1320. The number of nitro groups is 1. The fourth-order valence-electron chi connectivity index (χ4n) is 5.39. The lowest BCUT2D eigenvalue weighted by Crippen LogP contribution is -2.52. The first kappa shape index (κ1) is 22.1. The van der Waals surface area contributed by atoms with Crippen LogP contribution < -0.4 is 10.6 Å². The van der Waals surface area contributed by atoms with E-state index in [2.05, 4.69) is 15.8 Å². The summed E-state index contributed by atoms with van der Waals surface area (Å²) in [6.07, 6.45) is -4.78. The van der Waals surface area contributed by atoms with E-state index in [-0.39, 0.29) is 17.0 Å². The van der Waals surface area contributed by atoms with Crippen LogP contribution in [0.1, 0.15) is 40.0 Å². The molecule has 1 spiro atoms. The van der Waals surface area contributed by atoms with Crippen LogP contribution in [0.2, 0.25) is 0 Å². The van der Waals surface area contributed by atoms with Crippen LogP contribution in [0.25, 0.3) is 0 Å². The quantitative estimate of drug-likeness (QED) is 0.431. The van der Waals surface area contributed by atoms with Crippen molar-refractivity contribution in [3.8, 4) is 0 Å². The molecular formula is C23H19F3N4O4. The molecule has 1 fully saturated rings. The zero-order chi connectivity index (χ0) is 24.4. The van der Waals surface area contributed by atoms with Gasteiger partial charge in [-0.1, -0.05) is 47.6 Å². The van der Waals surface area contributed by atoms with E-state index in [9.17, 15) is 28.1 Å². The van der Waals surface area contributed by atoms with E-state index < -0.39 is 46.1 Å². The monoisotopic (exact) mass is 472 g/mol. The molecule has 176 valence electrons. The molecule has 0 radical (unpaired) electrons. The standard InChI is InChI=1S/C23H19F3N4O4/c1-11-7-3-4-8-13(11)16-17(19-18(30(32)33)12(2)29-34-19)22(28-20(16)23(24,25)26)14-9-5-6-10-15(14)27-21(22)31/h3-10,16-17,20,28H,1-2H3,(H,27,31)/t16-,17+,20-,22-/m1/s1. The maximum atomic E-state index is 14.5. The zero-order valence-electron chi connectivity index (χ0n) is 18.0. The van der Waals surface area contributed by atoms with Crippen LogP contribution in [0.15, 0.2) is 53.1 Å². The molecule has 4 atom stereocenters. The molecule has 34 heavy (non-hydrogen) atoms. The molecular weight excluding hydrogens is 453 g/mol. The Morgan fingerprint density at radius 1 is 1.12 bits per heavy atom. The number of hydrogen-bond acceptors (Lipinski definition) is 6. The van der Waals surface area contributed by atoms with E-state index in [1.807, 2.05) is 0 Å². The number of benzene rings is 2. The fourth-order valence-corrected chi connectivity index (χ4v) is 5.39. The molecule has 0 unspecified atom stereocenters. The summed E-state index contributed by atoms with van der Waals surface area (Å²) in [6.45, 7) is 3.00. The van der Waals surface area contributed by atoms with Crippen LogP contribution in [0, 0.1) is 24.0 Å². The highest BCUT2D eigenvalue weighted by Crippen LogP contribution is 2.60. The maximum Gasteiger partial charge on any atom is 0.404 e. The summed E-state index contributed by atoms with van der Waals surface area (Å²) in [6, 6.07) is 10.6. The number of fused-ring (bicyclic) bond motifs is 2. The van der Waals surface area contributed by atoms with Gasteiger partial charge < -0.3 is 9.84 Å². The van der Waals surface area contributed by atoms with Gasteiger partial charge in [0.15, 0.2) is 5.69 Å². The SMILES string of the molecule is Cc1ccccc1[C@H]1[C@H](C(F)(F)F)N[C@@]2(C(=O)Nc3ccccc32)[C@@H]1c1onc(C)c1[N+](=O)[O-]. The topological polar surface area (TPSA) is 110 Å². The predicted molar refractivity (Wildman–Crippen MR) is 114 cm³/mol. The zero-order valence-corrected chi connectivity index (χ0v) is 18.0. The van der Waals surface area contributed by atoms with Gasteiger partial charge in [0, 0.05) is 17.2 Å². The molecule has 0 bridgehead atoms. The third-order valence-electron chi connectivity index (χ3n) is 6.75. The Labute approximate surface area is 191 Å². The van der Waals surface area contributed by atoms with Crippen LogP contribution in [0.3, 0.4) is 0 Å². The van der Waals surface area contributed by atoms with Gasteiger partial charge in [-0.25, -0.2) is 0 Å². The number of halogens is 3. The lowest BCUT2D eigenvalue weighted by Gasteiger charge is -2.30. The minimum Gasteiger partial charge on any atom is -0.353 e. The lowest BCUT2D eigenvalue weighted by molar-refractivity contribution is -0.386. The number of hydrogen-bond donors (Lipinski definition) is 2. The van der Waals surface area contributed by atoms with E-state index in [1.54, 1.807) is 49.4 Å². The van der Waals surface area contributed by atoms with E-state index in [0.29, 0.717) is 16.8 Å². The summed E-state index contributed by atoms with van der Waals surface area (Å²) in [4.78, 5) is 24.7. The van der Waals surface area contributed by atoms with Gasteiger partial charge >= 0.3 is 11.9 Å². The molecule has 2 N–H and O–H groups in total. The summed E-state index contributed by atoms with van der Waals surface area (Å²) >= 11 is 0. The normalized spacial score (nSPS) is 26.0. The van der Waals surface area contributed by atoms with Crippen molar-refractivity contribution in [1.82, 2.24) is 10.5 Å². The molecule has 3 heterocycles. The molecule has 11 heteroatoms. The highest BCUT2D eigenvalue weighted by Gasteiger charge is 2.69. The molecule has 2 aromatic carbocycles. The second-order valence-corrected chi connectivity index (χ2v) is 8.57. The van der Waals surface area contributed by atoms with Gasteiger partial charge in [0.2, 0.25) is 11.7 Å². The van der Waals surface area contributed by atoms with Crippen molar-refractivity contribution in [2.24, 2.45) is 0 Å². The highest BCUT2D eigenvalue weighted by molar-refractivity contribution is 6.07. The Kier molecular flexibility index (Phi) is 4.80. The van der Waals surface area contributed by atoms with Crippen molar-refractivity contribution >= 4 is 17.3 Å². The van der Waals surface area contributed by atoms with Crippen molar-refractivity contribution in [2.45, 2.75) is 43.4 Å². The van der Waals surface area contributed by atoms with E-state index >= 15 is 0 Å². The average molecular weight is 472 g/mol. The Morgan fingerprint density at radius 3 is 2.47 bits per heavy atom. The van der Waals surface area contributed by atoms with E-state index in [0.717, 1.165) is 0 Å². The van der Waals surface area contributed by atoms with Crippen molar-refractivity contribution < 1.29 is 27.4 Å². The van der Waals surface area contributed by atoms with Gasteiger partial charge in [0.05, 0.1) is 10.8 Å². The van der Waals surface area contributed by atoms with Crippen LogP contribution >= 0.6 is 0 Å². The highest BCUT2D eigenvalue weighted by atomic mass is 19.4. The largest absolute Gasteiger partial charge is 0.404 e. The number of carbonyl (C=O) groups is 1. The minimum atomic E-state index is -4.78. The van der Waals surface area contributed by atoms with Gasteiger partial charge in [-0.05, 0) is 31.0 Å². The number of aryl methyl sites for hydroxylation is 2. The smallest absolute Gasteiger partial charge is 0.353 e. The van der Waals surface area contributed by atoms with Crippen LogP contribution in [-0.2, 0) is 10.3 Å². The second-order valence-electron chi connectivity index (χ2n) is 8.57. The van der Waals surface area contributed by atoms with Gasteiger partial charge in [0.1, 0.15) is 11.6 Å². The first-order valence-electron chi connectivity index (χ1n) is 10.5. The lowest BCUT2D eigenvalue weighted by atomic mass is 9.70. The molecule has 1 saturated heterocycles. The average Bonchev–Trinajstić information content (AvgIpc) is 3.41. The van der Waals surface area contributed by atoms with Crippen LogP contribution in [0.4, 0.5) is 24.5 Å². The van der Waals surface area contributed by atoms with Crippen molar-refractivity contribution in [2.75, 3.05) is 5.32 Å². The third kappa shape index (κ3) is 2.96. The molecule has 0 aliphatic carbocycles. The first-order valence-corrected chi connectivity index (χ1v) is 10.5. The predicted octanol–water partition coefficient (Wildman–Crippen LogP) is 4.45. The van der Waals surface area contributed by atoms with E-state index in [1.165, 1.54) is 13.0 Å². The molecule has 8 nitrogen and oxygen atoms in total. The number of carbonyl (C=O) groups excluding carboxylic acids is 1. The minimum absolute atomic E-state index is 0.0826. The molecule has 3 aromatic rings. The summed E-state index contributed by atoms with van der Waals surface area (Å²) in [5.41, 5.74) is -1.14. The Balaban J connectivity index is 1.88. The number of nitrogens with zero attached hydrogens (tertiary/aromatic N) is 2. The van der Waals surface area contributed by atoms with Crippen molar-refractivity contribution in [3.05, 3.63) is 86.8 Å². The van der Waals surface area contributed by atoms with Crippen LogP contribution in [-0.4, -0.2) is 28.2 Å². The Morgan fingerprint density at radius 2 is 1.79 bits per heavy atom.